The lowest BCUT2D eigenvalue weighted by atomic mass is 9.92. The van der Waals surface area contributed by atoms with Gasteiger partial charge < -0.3 is 15.3 Å². The van der Waals surface area contributed by atoms with E-state index in [1.54, 1.807) is 11.8 Å². The molecule has 0 heterocycles. The third kappa shape index (κ3) is 7.97. The molecule has 6 heteroatoms. The topological polar surface area (TPSA) is 69.6 Å². The van der Waals surface area contributed by atoms with Gasteiger partial charge in [-0.05, 0) is 105 Å². The molecule has 0 fully saturated rings. The van der Waals surface area contributed by atoms with Crippen molar-refractivity contribution in [3.05, 3.63) is 71.3 Å². The molecule has 0 saturated heterocycles. The van der Waals surface area contributed by atoms with E-state index in [9.17, 15) is 14.7 Å². The van der Waals surface area contributed by atoms with Gasteiger partial charge in [-0.3, -0.25) is 4.79 Å². The van der Waals surface area contributed by atoms with E-state index in [1.165, 1.54) is 19.3 Å². The summed E-state index contributed by atoms with van der Waals surface area (Å²) in [5.74, 6) is -0.00572. The highest BCUT2D eigenvalue weighted by Gasteiger charge is 2.23. The normalized spacial score (nSPS) is 16.3. The Morgan fingerprint density at radius 1 is 1.20 bits per heavy atom. The highest BCUT2D eigenvalue weighted by atomic mass is 32.2. The first-order valence-electron chi connectivity index (χ1n) is 12.5. The van der Waals surface area contributed by atoms with Crippen molar-refractivity contribution in [1.82, 2.24) is 10.2 Å². The molecule has 3 rings (SSSR count). The Morgan fingerprint density at radius 2 is 2.00 bits per heavy atom. The molecular weight excluding hydrogens is 456 g/mol. The number of carboxylic acids is 1. The smallest absolute Gasteiger partial charge is 0.326 e. The average molecular weight is 495 g/mol. The van der Waals surface area contributed by atoms with Gasteiger partial charge in [-0.1, -0.05) is 42.5 Å². The number of nitrogens with one attached hydrogen (secondary N) is 1. The molecule has 2 aromatic carbocycles. The van der Waals surface area contributed by atoms with Crippen LogP contribution in [-0.2, 0) is 11.3 Å². The Morgan fingerprint density at radius 3 is 2.69 bits per heavy atom. The maximum absolute atomic E-state index is 13.2. The molecule has 0 aliphatic heterocycles. The molecule has 2 N–H and O–H groups in total. The van der Waals surface area contributed by atoms with Gasteiger partial charge in [0.2, 0.25) is 0 Å². The number of carbonyl (C=O) groups excluding carboxylic acids is 1. The molecule has 1 aliphatic rings. The van der Waals surface area contributed by atoms with Crippen LogP contribution in [0.2, 0.25) is 0 Å². The minimum absolute atomic E-state index is 0.347. The maximum Gasteiger partial charge on any atom is 0.326 e. The van der Waals surface area contributed by atoms with Gasteiger partial charge in [-0.25, -0.2) is 4.79 Å². The lowest BCUT2D eigenvalue weighted by molar-refractivity contribution is -0.139. The second-order valence-electron chi connectivity index (χ2n) is 9.49. The van der Waals surface area contributed by atoms with Crippen LogP contribution in [0.4, 0.5) is 0 Å². The second kappa shape index (κ2) is 13.5. The first-order chi connectivity index (χ1) is 16.9. The molecular formula is C29H38N2O3S. The predicted octanol–water partition coefficient (Wildman–Crippen LogP) is 5.78. The Balaban J connectivity index is 1.81. The second-order valence-corrected chi connectivity index (χ2v) is 10.5. The fourth-order valence-electron chi connectivity index (χ4n) is 4.62. The molecule has 0 spiro atoms. The number of hydrogen-bond donors (Lipinski definition) is 2. The number of aliphatic carboxylic acids is 1. The number of carboxylic acid groups (broad SMARTS) is 1. The zero-order chi connectivity index (χ0) is 25.2. The third-order valence-corrected chi connectivity index (χ3v) is 7.31. The predicted molar refractivity (Wildman–Crippen MR) is 146 cm³/mol. The van der Waals surface area contributed by atoms with E-state index in [0.717, 1.165) is 41.8 Å². The summed E-state index contributed by atoms with van der Waals surface area (Å²) in [6, 6.07) is 13.0. The molecule has 2 atom stereocenters. The minimum atomic E-state index is -1.00. The molecule has 1 amide bonds. The molecule has 0 bridgehead atoms. The molecule has 0 saturated carbocycles. The number of nitrogens with zero attached hydrogens (tertiary/aromatic N) is 1. The summed E-state index contributed by atoms with van der Waals surface area (Å²) >= 11 is 1.57. The Kier molecular flexibility index (Phi) is 10.4. The van der Waals surface area contributed by atoms with Crippen LogP contribution in [0.1, 0.15) is 53.6 Å². The standard InChI is InChI=1S/C29H38N2O3S/c1-21-9-7-8-12-24(21)26-19-23(20-31(2)17-15-22-10-5-4-6-11-22)13-14-25(26)28(32)30-27(29(33)34)16-18-35-3/h5,7-10,12-14,19,22,27H,4,6,11,15-18,20H2,1-3H3,(H,30,32)(H,33,34)/t22?,27-/m0/s1. The van der Waals surface area contributed by atoms with E-state index in [-0.39, 0.29) is 5.91 Å². The monoisotopic (exact) mass is 494 g/mol. The van der Waals surface area contributed by atoms with Crippen molar-refractivity contribution in [1.29, 1.82) is 0 Å². The van der Waals surface area contributed by atoms with E-state index in [2.05, 4.69) is 35.5 Å². The molecule has 1 aliphatic carbocycles. The third-order valence-electron chi connectivity index (χ3n) is 6.67. The highest BCUT2D eigenvalue weighted by Crippen LogP contribution is 2.29. The number of carbonyl (C=O) groups is 2. The Bertz CT molecular complexity index is 1040. The molecule has 35 heavy (non-hydrogen) atoms. The molecule has 2 aromatic rings. The van der Waals surface area contributed by atoms with Crippen LogP contribution in [0.25, 0.3) is 11.1 Å². The van der Waals surface area contributed by atoms with Crippen LogP contribution in [-0.4, -0.2) is 53.5 Å². The number of benzene rings is 2. The fraction of sp³-hybridized carbons (Fsp3) is 0.448. The summed E-state index contributed by atoms with van der Waals surface area (Å²) in [7, 11) is 2.14. The van der Waals surface area contributed by atoms with E-state index >= 15 is 0 Å². The lowest BCUT2D eigenvalue weighted by Crippen LogP contribution is -2.41. The number of amides is 1. The van der Waals surface area contributed by atoms with Crippen molar-refractivity contribution < 1.29 is 14.7 Å². The molecule has 188 valence electrons. The summed E-state index contributed by atoms with van der Waals surface area (Å²) in [4.78, 5) is 27.3. The van der Waals surface area contributed by atoms with Gasteiger partial charge in [0.25, 0.3) is 5.91 Å². The fourth-order valence-corrected chi connectivity index (χ4v) is 5.09. The van der Waals surface area contributed by atoms with Crippen molar-refractivity contribution in [3.8, 4) is 11.1 Å². The van der Waals surface area contributed by atoms with Gasteiger partial charge >= 0.3 is 5.97 Å². The molecule has 0 radical (unpaired) electrons. The molecule has 0 aromatic heterocycles. The molecule has 5 nitrogen and oxygen atoms in total. The maximum atomic E-state index is 13.2. The van der Waals surface area contributed by atoms with E-state index < -0.39 is 12.0 Å². The Hall–Kier alpha value is -2.57. The van der Waals surface area contributed by atoms with E-state index in [0.29, 0.717) is 23.7 Å². The minimum Gasteiger partial charge on any atom is -0.480 e. The summed E-state index contributed by atoms with van der Waals surface area (Å²) in [5, 5.41) is 12.3. The summed E-state index contributed by atoms with van der Waals surface area (Å²) in [6.45, 7) is 3.85. The number of aryl methyl sites for hydroxylation is 1. The van der Waals surface area contributed by atoms with Crippen LogP contribution in [0, 0.1) is 12.8 Å². The zero-order valence-electron chi connectivity index (χ0n) is 21.1. The van der Waals surface area contributed by atoms with Gasteiger partial charge in [0, 0.05) is 12.1 Å². The number of allylic oxidation sites excluding steroid dienone is 2. The zero-order valence-corrected chi connectivity index (χ0v) is 21.9. The lowest BCUT2D eigenvalue weighted by Gasteiger charge is -2.22. The van der Waals surface area contributed by atoms with Crippen LogP contribution in [0.3, 0.4) is 0 Å². The summed E-state index contributed by atoms with van der Waals surface area (Å²) in [6.07, 6.45) is 11.9. The van der Waals surface area contributed by atoms with E-state index in [4.69, 9.17) is 0 Å². The first kappa shape index (κ1) is 27.0. The van der Waals surface area contributed by atoms with Crippen LogP contribution in [0.5, 0.6) is 0 Å². The van der Waals surface area contributed by atoms with Gasteiger partial charge in [0.05, 0.1) is 0 Å². The first-order valence-corrected chi connectivity index (χ1v) is 13.8. The summed E-state index contributed by atoms with van der Waals surface area (Å²) < 4.78 is 0. The SMILES string of the molecule is CSCC[C@H](NC(=O)c1ccc(CN(C)CCC2C=CCCC2)cc1-c1ccccc1C)C(=O)O. The number of thioether (sulfide) groups is 1. The average Bonchev–Trinajstić information content (AvgIpc) is 2.86. The Labute approximate surface area is 214 Å². The number of rotatable bonds is 12. The van der Waals surface area contributed by atoms with Gasteiger partial charge in [0.1, 0.15) is 6.04 Å². The van der Waals surface area contributed by atoms with Crippen LogP contribution in [0.15, 0.2) is 54.6 Å². The van der Waals surface area contributed by atoms with Crippen LogP contribution >= 0.6 is 11.8 Å². The van der Waals surface area contributed by atoms with Crippen molar-refractivity contribution >= 4 is 23.6 Å². The quantitative estimate of drug-likeness (QED) is 0.366. The number of hydrogen-bond acceptors (Lipinski definition) is 4. The summed E-state index contributed by atoms with van der Waals surface area (Å²) in [5.41, 5.74) is 4.56. The van der Waals surface area contributed by atoms with Crippen molar-refractivity contribution in [2.24, 2.45) is 5.92 Å². The van der Waals surface area contributed by atoms with Crippen LogP contribution < -0.4 is 5.32 Å². The van der Waals surface area contributed by atoms with Gasteiger partial charge in [0.15, 0.2) is 0 Å². The van der Waals surface area contributed by atoms with E-state index in [1.807, 2.05) is 49.6 Å². The van der Waals surface area contributed by atoms with Crippen molar-refractivity contribution in [2.75, 3.05) is 25.6 Å². The molecule has 1 unspecified atom stereocenters. The highest BCUT2D eigenvalue weighted by molar-refractivity contribution is 7.98. The van der Waals surface area contributed by atoms with Crippen molar-refractivity contribution in [2.45, 2.75) is 51.6 Å². The van der Waals surface area contributed by atoms with Crippen molar-refractivity contribution in [3.63, 3.8) is 0 Å². The van der Waals surface area contributed by atoms with Gasteiger partial charge in [-0.15, -0.1) is 0 Å². The van der Waals surface area contributed by atoms with Gasteiger partial charge in [-0.2, -0.15) is 11.8 Å². The largest absolute Gasteiger partial charge is 0.480 e.